The van der Waals surface area contributed by atoms with Gasteiger partial charge >= 0.3 is 0 Å². The molecule has 0 radical (unpaired) electrons. The highest BCUT2D eigenvalue weighted by Gasteiger charge is 2.26. The summed E-state index contributed by atoms with van der Waals surface area (Å²) < 4.78 is 1.12. The lowest BCUT2D eigenvalue weighted by atomic mass is 10.1. The van der Waals surface area contributed by atoms with E-state index in [-0.39, 0.29) is 11.9 Å². The van der Waals surface area contributed by atoms with Gasteiger partial charge in [-0.2, -0.15) is 0 Å². The Hall–Kier alpha value is -0.870. The molecule has 0 fully saturated rings. The molecule has 1 aromatic carbocycles. The molecule has 1 aliphatic carbocycles. The number of nitrogens with one attached hydrogen (secondary N) is 1. The minimum atomic E-state index is -0.139. The Kier molecular flexibility index (Phi) is 4.07. The van der Waals surface area contributed by atoms with E-state index in [4.69, 9.17) is 0 Å². The number of fused-ring (bicyclic) bond motifs is 1. The average Bonchev–Trinajstić information content (AvgIpc) is 2.70. The van der Waals surface area contributed by atoms with Crippen molar-refractivity contribution in [2.24, 2.45) is 0 Å². The zero-order valence-electron chi connectivity index (χ0n) is 11.0. The maximum Gasteiger partial charge on any atom is 0.238 e. The van der Waals surface area contributed by atoms with Gasteiger partial charge in [-0.25, -0.2) is 0 Å². The third-order valence-corrected chi connectivity index (χ3v) is 3.94. The standard InChI is InChI=1S/C14H19BrN2O/c1-9(14(18)17(2)3)16-13-7-4-10-8-11(15)5-6-12(10)13/h5-6,8-9,13,16H,4,7H2,1-3H3. The Labute approximate surface area is 117 Å². The van der Waals surface area contributed by atoms with Crippen LogP contribution in [0.1, 0.15) is 30.5 Å². The molecule has 1 aromatic rings. The number of nitrogens with zero attached hydrogens (tertiary/aromatic N) is 1. The zero-order valence-corrected chi connectivity index (χ0v) is 12.6. The monoisotopic (exact) mass is 310 g/mol. The summed E-state index contributed by atoms with van der Waals surface area (Å²) in [5.41, 5.74) is 2.71. The van der Waals surface area contributed by atoms with Crippen molar-refractivity contribution < 1.29 is 4.79 Å². The maximum absolute atomic E-state index is 11.9. The number of rotatable bonds is 3. The fourth-order valence-electron chi connectivity index (χ4n) is 2.52. The molecule has 2 rings (SSSR count). The number of carbonyl (C=O) groups excluding carboxylic acids is 1. The van der Waals surface area contributed by atoms with Gasteiger partial charge in [0, 0.05) is 24.6 Å². The molecule has 0 aliphatic heterocycles. The van der Waals surface area contributed by atoms with Gasteiger partial charge in [0.25, 0.3) is 0 Å². The number of halogens is 1. The van der Waals surface area contributed by atoms with Gasteiger partial charge < -0.3 is 4.90 Å². The van der Waals surface area contributed by atoms with Gasteiger partial charge in [0.2, 0.25) is 5.91 Å². The molecule has 0 spiro atoms. The number of hydrogen-bond donors (Lipinski definition) is 1. The molecule has 1 N–H and O–H groups in total. The number of carbonyl (C=O) groups is 1. The first kappa shape index (κ1) is 13.6. The highest BCUT2D eigenvalue weighted by molar-refractivity contribution is 9.10. The number of benzene rings is 1. The van der Waals surface area contributed by atoms with Crippen LogP contribution in [0.5, 0.6) is 0 Å². The number of amides is 1. The first-order valence-corrected chi connectivity index (χ1v) is 7.04. The first-order valence-electron chi connectivity index (χ1n) is 6.24. The fraction of sp³-hybridized carbons (Fsp3) is 0.500. The van der Waals surface area contributed by atoms with Crippen molar-refractivity contribution in [3.8, 4) is 0 Å². The van der Waals surface area contributed by atoms with Crippen LogP contribution >= 0.6 is 15.9 Å². The second-order valence-corrected chi connectivity index (χ2v) is 5.97. The van der Waals surface area contributed by atoms with E-state index < -0.39 is 0 Å². The van der Waals surface area contributed by atoms with Crippen LogP contribution < -0.4 is 5.32 Å². The van der Waals surface area contributed by atoms with Crippen molar-refractivity contribution in [2.75, 3.05) is 14.1 Å². The topological polar surface area (TPSA) is 32.3 Å². The average molecular weight is 311 g/mol. The van der Waals surface area contributed by atoms with Gasteiger partial charge in [-0.15, -0.1) is 0 Å². The Balaban J connectivity index is 2.08. The lowest BCUT2D eigenvalue weighted by Gasteiger charge is -2.22. The minimum Gasteiger partial charge on any atom is -0.347 e. The SMILES string of the molecule is CC(NC1CCc2cc(Br)ccc21)C(=O)N(C)C. The molecule has 2 unspecified atom stereocenters. The summed E-state index contributed by atoms with van der Waals surface area (Å²) in [7, 11) is 3.58. The molecule has 2 atom stereocenters. The van der Waals surface area contributed by atoms with Gasteiger partial charge in [-0.05, 0) is 43.0 Å². The largest absolute Gasteiger partial charge is 0.347 e. The van der Waals surface area contributed by atoms with Crippen LogP contribution in [0, 0.1) is 0 Å². The second kappa shape index (κ2) is 5.41. The third kappa shape index (κ3) is 2.75. The Morgan fingerprint density at radius 1 is 1.50 bits per heavy atom. The van der Waals surface area contributed by atoms with Crippen molar-refractivity contribution in [1.29, 1.82) is 0 Å². The molecule has 4 heteroatoms. The summed E-state index contributed by atoms with van der Waals surface area (Å²) in [6.45, 7) is 1.93. The Morgan fingerprint density at radius 3 is 2.89 bits per heavy atom. The van der Waals surface area contributed by atoms with E-state index >= 15 is 0 Å². The van der Waals surface area contributed by atoms with Crippen LogP contribution in [0.4, 0.5) is 0 Å². The molecule has 0 heterocycles. The van der Waals surface area contributed by atoms with Crippen LogP contribution in [0.15, 0.2) is 22.7 Å². The molecule has 0 saturated heterocycles. The smallest absolute Gasteiger partial charge is 0.238 e. The molecular formula is C14H19BrN2O. The highest BCUT2D eigenvalue weighted by atomic mass is 79.9. The maximum atomic E-state index is 11.9. The van der Waals surface area contributed by atoms with Crippen molar-refractivity contribution in [3.63, 3.8) is 0 Å². The van der Waals surface area contributed by atoms with Crippen LogP contribution in [0.25, 0.3) is 0 Å². The number of likely N-dealkylation sites (N-methyl/N-ethyl adjacent to an activating group) is 1. The Bertz CT molecular complexity index is 459. The molecule has 0 aromatic heterocycles. The van der Waals surface area contributed by atoms with Gasteiger partial charge in [-0.3, -0.25) is 10.1 Å². The predicted octanol–water partition coefficient (Wildman–Crippen LogP) is 2.50. The summed E-state index contributed by atoms with van der Waals surface area (Å²) in [4.78, 5) is 13.5. The van der Waals surface area contributed by atoms with E-state index in [0.29, 0.717) is 6.04 Å². The predicted molar refractivity (Wildman–Crippen MR) is 76.5 cm³/mol. The second-order valence-electron chi connectivity index (χ2n) is 5.06. The fourth-order valence-corrected chi connectivity index (χ4v) is 2.93. The van der Waals surface area contributed by atoms with E-state index in [1.165, 1.54) is 11.1 Å². The molecule has 0 saturated carbocycles. The van der Waals surface area contributed by atoms with E-state index in [1.54, 1.807) is 19.0 Å². The summed E-state index contributed by atoms with van der Waals surface area (Å²) >= 11 is 3.50. The highest BCUT2D eigenvalue weighted by Crippen LogP contribution is 2.33. The van der Waals surface area contributed by atoms with Crippen LogP contribution in [-0.4, -0.2) is 30.9 Å². The summed E-state index contributed by atoms with van der Waals surface area (Å²) in [5, 5.41) is 3.43. The van der Waals surface area contributed by atoms with Crippen molar-refractivity contribution >= 4 is 21.8 Å². The molecule has 1 aliphatic rings. The van der Waals surface area contributed by atoms with Crippen LogP contribution in [0.3, 0.4) is 0 Å². The van der Waals surface area contributed by atoms with Crippen molar-refractivity contribution in [1.82, 2.24) is 10.2 Å². The van der Waals surface area contributed by atoms with Gasteiger partial charge in [0.05, 0.1) is 6.04 Å². The van der Waals surface area contributed by atoms with Crippen molar-refractivity contribution in [3.05, 3.63) is 33.8 Å². The van der Waals surface area contributed by atoms with Gasteiger partial charge in [0.1, 0.15) is 0 Å². The van der Waals surface area contributed by atoms with Crippen molar-refractivity contribution in [2.45, 2.75) is 31.8 Å². The van der Waals surface area contributed by atoms with E-state index in [2.05, 4.69) is 39.4 Å². The van der Waals surface area contributed by atoms with E-state index in [1.807, 2.05) is 6.92 Å². The van der Waals surface area contributed by atoms with Crippen LogP contribution in [0.2, 0.25) is 0 Å². The van der Waals surface area contributed by atoms with E-state index in [0.717, 1.165) is 17.3 Å². The summed E-state index contributed by atoms with van der Waals surface area (Å²) in [6, 6.07) is 6.55. The molecule has 98 valence electrons. The van der Waals surface area contributed by atoms with Crippen LogP contribution in [-0.2, 0) is 11.2 Å². The normalized spacial score (nSPS) is 19.4. The Morgan fingerprint density at radius 2 is 2.22 bits per heavy atom. The zero-order chi connectivity index (χ0) is 13.3. The quantitative estimate of drug-likeness (QED) is 0.930. The summed E-state index contributed by atoms with van der Waals surface area (Å²) in [6.07, 6.45) is 2.14. The molecule has 3 nitrogen and oxygen atoms in total. The lowest BCUT2D eigenvalue weighted by Crippen LogP contribution is -2.42. The summed E-state index contributed by atoms with van der Waals surface area (Å²) in [5.74, 6) is 0.126. The van der Waals surface area contributed by atoms with Gasteiger partial charge in [0.15, 0.2) is 0 Å². The molecular weight excluding hydrogens is 292 g/mol. The van der Waals surface area contributed by atoms with E-state index in [9.17, 15) is 4.79 Å². The molecule has 1 amide bonds. The van der Waals surface area contributed by atoms with Gasteiger partial charge in [-0.1, -0.05) is 22.0 Å². The third-order valence-electron chi connectivity index (χ3n) is 3.45. The molecule has 18 heavy (non-hydrogen) atoms. The number of hydrogen-bond acceptors (Lipinski definition) is 2. The molecule has 0 bridgehead atoms. The minimum absolute atomic E-state index is 0.126. The number of aryl methyl sites for hydroxylation is 1. The first-order chi connectivity index (χ1) is 8.49. The lowest BCUT2D eigenvalue weighted by molar-refractivity contribution is -0.130.